The van der Waals surface area contributed by atoms with E-state index in [2.05, 4.69) is 5.32 Å². The van der Waals surface area contributed by atoms with E-state index in [0.717, 1.165) is 0 Å². The minimum Gasteiger partial charge on any atom is -0.397 e. The number of amides is 1. The number of benzene rings is 1. The molecule has 1 aromatic rings. The molecule has 0 fully saturated rings. The van der Waals surface area contributed by atoms with Crippen molar-refractivity contribution < 1.29 is 14.3 Å². The summed E-state index contributed by atoms with van der Waals surface area (Å²) in [6.45, 7) is 1.63. The number of rotatable bonds is 8. The van der Waals surface area contributed by atoms with Crippen molar-refractivity contribution in [2.75, 3.05) is 38.0 Å². The standard InChI is InChI=1S/C13H19ClN2O3/c1-18-7-8-19-6-2-3-13(17)16-12-9-10(14)4-5-11(12)15/h4-5,9H,2-3,6-8,15H2,1H3,(H,16,17). The lowest BCUT2D eigenvalue weighted by Gasteiger charge is -2.08. The second-order valence-corrected chi connectivity index (χ2v) is 4.42. The first kappa shape index (κ1) is 15.8. The van der Waals surface area contributed by atoms with Crippen LogP contribution >= 0.6 is 11.6 Å². The summed E-state index contributed by atoms with van der Waals surface area (Å²) < 4.78 is 10.1. The van der Waals surface area contributed by atoms with E-state index in [1.807, 2.05) is 0 Å². The summed E-state index contributed by atoms with van der Waals surface area (Å²) in [4.78, 5) is 11.7. The highest BCUT2D eigenvalue weighted by molar-refractivity contribution is 6.31. The van der Waals surface area contributed by atoms with Gasteiger partial charge in [-0.15, -0.1) is 0 Å². The first-order valence-corrected chi connectivity index (χ1v) is 6.43. The summed E-state index contributed by atoms with van der Waals surface area (Å²) in [5.74, 6) is -0.107. The Bertz CT molecular complexity index is 413. The fraction of sp³-hybridized carbons (Fsp3) is 0.462. The second-order valence-electron chi connectivity index (χ2n) is 3.99. The highest BCUT2D eigenvalue weighted by atomic mass is 35.5. The van der Waals surface area contributed by atoms with Gasteiger partial charge in [-0.1, -0.05) is 11.6 Å². The summed E-state index contributed by atoms with van der Waals surface area (Å²) in [5.41, 5.74) is 6.77. The molecule has 0 aliphatic heterocycles. The molecule has 0 atom stereocenters. The van der Waals surface area contributed by atoms with E-state index in [1.165, 1.54) is 0 Å². The summed E-state index contributed by atoms with van der Waals surface area (Å²) in [7, 11) is 1.62. The van der Waals surface area contributed by atoms with E-state index in [-0.39, 0.29) is 5.91 Å². The van der Waals surface area contributed by atoms with Gasteiger partial charge in [-0.25, -0.2) is 0 Å². The smallest absolute Gasteiger partial charge is 0.224 e. The van der Waals surface area contributed by atoms with E-state index in [0.29, 0.717) is 49.1 Å². The van der Waals surface area contributed by atoms with E-state index in [1.54, 1.807) is 25.3 Å². The van der Waals surface area contributed by atoms with Crippen LogP contribution < -0.4 is 11.1 Å². The Labute approximate surface area is 118 Å². The van der Waals surface area contributed by atoms with E-state index in [9.17, 15) is 4.79 Å². The SMILES string of the molecule is COCCOCCCC(=O)Nc1cc(Cl)ccc1N. The predicted octanol–water partition coefficient (Wildman–Crippen LogP) is 2.30. The number of nitrogens with one attached hydrogen (secondary N) is 1. The Morgan fingerprint density at radius 3 is 2.89 bits per heavy atom. The summed E-state index contributed by atoms with van der Waals surface area (Å²) in [5, 5.41) is 3.26. The first-order valence-electron chi connectivity index (χ1n) is 6.05. The van der Waals surface area contributed by atoms with E-state index >= 15 is 0 Å². The number of nitrogens with two attached hydrogens (primary N) is 1. The molecule has 0 aliphatic rings. The Balaban J connectivity index is 2.25. The Morgan fingerprint density at radius 2 is 2.16 bits per heavy atom. The molecule has 0 saturated carbocycles. The van der Waals surface area contributed by atoms with Gasteiger partial charge in [-0.2, -0.15) is 0 Å². The average molecular weight is 287 g/mol. The molecule has 19 heavy (non-hydrogen) atoms. The van der Waals surface area contributed by atoms with Crippen molar-refractivity contribution in [3.8, 4) is 0 Å². The van der Waals surface area contributed by atoms with Crippen molar-refractivity contribution in [3.63, 3.8) is 0 Å². The zero-order chi connectivity index (χ0) is 14.1. The highest BCUT2D eigenvalue weighted by Gasteiger charge is 2.05. The molecule has 6 heteroatoms. The molecule has 0 radical (unpaired) electrons. The first-order chi connectivity index (χ1) is 9.13. The second kappa shape index (κ2) is 8.74. The lowest BCUT2D eigenvalue weighted by molar-refractivity contribution is -0.116. The maximum atomic E-state index is 11.7. The molecule has 0 aromatic heterocycles. The summed E-state index contributed by atoms with van der Waals surface area (Å²) in [6.07, 6.45) is 1.02. The van der Waals surface area contributed by atoms with Crippen LogP contribution in [0.1, 0.15) is 12.8 Å². The monoisotopic (exact) mass is 286 g/mol. The van der Waals surface area contributed by atoms with Gasteiger partial charge >= 0.3 is 0 Å². The number of halogens is 1. The number of hydrogen-bond donors (Lipinski definition) is 2. The third-order valence-electron chi connectivity index (χ3n) is 2.41. The van der Waals surface area contributed by atoms with Gasteiger partial charge < -0.3 is 20.5 Å². The van der Waals surface area contributed by atoms with Crippen LogP contribution in [0.25, 0.3) is 0 Å². The fourth-order valence-corrected chi connectivity index (χ4v) is 1.60. The predicted molar refractivity (Wildman–Crippen MR) is 76.4 cm³/mol. The highest BCUT2D eigenvalue weighted by Crippen LogP contribution is 2.22. The molecule has 106 valence electrons. The number of carbonyl (C=O) groups is 1. The van der Waals surface area contributed by atoms with Crippen LogP contribution in [0.2, 0.25) is 5.02 Å². The maximum Gasteiger partial charge on any atom is 0.224 e. The lowest BCUT2D eigenvalue weighted by Crippen LogP contribution is -2.14. The molecule has 0 heterocycles. The van der Waals surface area contributed by atoms with Gasteiger partial charge in [0.05, 0.1) is 24.6 Å². The Morgan fingerprint density at radius 1 is 1.37 bits per heavy atom. The van der Waals surface area contributed by atoms with Crippen LogP contribution in [0.4, 0.5) is 11.4 Å². The van der Waals surface area contributed by atoms with Crippen molar-refractivity contribution in [3.05, 3.63) is 23.2 Å². The molecular formula is C13H19ClN2O3. The molecule has 1 rings (SSSR count). The largest absolute Gasteiger partial charge is 0.397 e. The van der Waals surface area contributed by atoms with Crippen molar-refractivity contribution >= 4 is 28.9 Å². The van der Waals surface area contributed by atoms with Gasteiger partial charge in [-0.05, 0) is 24.6 Å². The fourth-order valence-electron chi connectivity index (χ4n) is 1.43. The van der Waals surface area contributed by atoms with Gasteiger partial charge in [0.25, 0.3) is 0 Å². The quantitative estimate of drug-likeness (QED) is 0.568. The third-order valence-corrected chi connectivity index (χ3v) is 2.65. The topological polar surface area (TPSA) is 73.6 Å². The zero-order valence-corrected chi connectivity index (χ0v) is 11.7. The normalized spacial score (nSPS) is 10.4. The molecule has 3 N–H and O–H groups in total. The average Bonchev–Trinajstić information content (AvgIpc) is 2.38. The zero-order valence-electron chi connectivity index (χ0n) is 10.9. The van der Waals surface area contributed by atoms with Crippen LogP contribution in [0.5, 0.6) is 0 Å². The van der Waals surface area contributed by atoms with Gasteiger partial charge in [0.1, 0.15) is 0 Å². The van der Waals surface area contributed by atoms with Crippen molar-refractivity contribution in [1.29, 1.82) is 0 Å². The number of anilines is 2. The number of methoxy groups -OCH3 is 1. The minimum absolute atomic E-state index is 0.107. The molecule has 1 amide bonds. The molecule has 0 aliphatic carbocycles. The molecule has 0 bridgehead atoms. The van der Waals surface area contributed by atoms with Crippen LogP contribution in [-0.4, -0.2) is 32.8 Å². The molecule has 1 aromatic carbocycles. The van der Waals surface area contributed by atoms with Crippen LogP contribution in [0.3, 0.4) is 0 Å². The third kappa shape index (κ3) is 6.42. The maximum absolute atomic E-state index is 11.7. The Kier molecular flexibility index (Phi) is 7.25. The van der Waals surface area contributed by atoms with Gasteiger partial charge in [0, 0.05) is 25.2 Å². The molecule has 5 nitrogen and oxygen atoms in total. The van der Waals surface area contributed by atoms with Crippen LogP contribution in [-0.2, 0) is 14.3 Å². The van der Waals surface area contributed by atoms with E-state index in [4.69, 9.17) is 26.8 Å². The molecule has 0 unspecified atom stereocenters. The summed E-state index contributed by atoms with van der Waals surface area (Å²) in [6, 6.07) is 4.96. The summed E-state index contributed by atoms with van der Waals surface area (Å²) >= 11 is 5.84. The van der Waals surface area contributed by atoms with Crippen molar-refractivity contribution in [2.45, 2.75) is 12.8 Å². The number of carbonyl (C=O) groups excluding carboxylic acids is 1. The number of nitrogen functional groups attached to an aromatic ring is 1. The molecule has 0 spiro atoms. The number of hydrogen-bond acceptors (Lipinski definition) is 4. The Hall–Kier alpha value is -1.30. The van der Waals surface area contributed by atoms with E-state index < -0.39 is 0 Å². The van der Waals surface area contributed by atoms with Gasteiger partial charge in [0.2, 0.25) is 5.91 Å². The minimum atomic E-state index is -0.107. The molecule has 0 saturated heterocycles. The van der Waals surface area contributed by atoms with Crippen LogP contribution in [0, 0.1) is 0 Å². The van der Waals surface area contributed by atoms with Gasteiger partial charge in [-0.3, -0.25) is 4.79 Å². The molecular weight excluding hydrogens is 268 g/mol. The lowest BCUT2D eigenvalue weighted by atomic mass is 10.2. The van der Waals surface area contributed by atoms with Gasteiger partial charge in [0.15, 0.2) is 0 Å². The number of ether oxygens (including phenoxy) is 2. The van der Waals surface area contributed by atoms with Crippen molar-refractivity contribution in [1.82, 2.24) is 0 Å². The van der Waals surface area contributed by atoms with Crippen molar-refractivity contribution in [2.24, 2.45) is 0 Å². The van der Waals surface area contributed by atoms with Crippen LogP contribution in [0.15, 0.2) is 18.2 Å².